The third kappa shape index (κ3) is 2.97. The first kappa shape index (κ1) is 12.6. The second-order valence-corrected chi connectivity index (χ2v) is 4.60. The molecule has 0 bridgehead atoms. The predicted molar refractivity (Wildman–Crippen MR) is 60.2 cm³/mol. The molecule has 0 spiro atoms. The number of carbonyl (C=O) groups is 1. The van der Waals surface area contributed by atoms with Crippen molar-refractivity contribution in [2.75, 3.05) is 0 Å². The Morgan fingerprint density at radius 3 is 2.60 bits per heavy atom. The molecule has 1 aromatic rings. The van der Waals surface area contributed by atoms with E-state index in [-0.39, 0.29) is 5.69 Å². The van der Waals surface area contributed by atoms with Gasteiger partial charge in [0.15, 0.2) is 0 Å². The summed E-state index contributed by atoms with van der Waals surface area (Å²) in [6, 6.07) is 0.259. The molecular weight excluding hydrogens is 332 g/mol. The molecule has 0 aromatic carbocycles. The van der Waals surface area contributed by atoms with E-state index < -0.39 is 18.1 Å². The summed E-state index contributed by atoms with van der Waals surface area (Å²) in [5.74, 6) is -1.28. The van der Waals surface area contributed by atoms with Gasteiger partial charge in [0, 0.05) is 15.1 Å². The van der Waals surface area contributed by atoms with Crippen LogP contribution in [-0.4, -0.2) is 27.2 Å². The second-order valence-electron chi connectivity index (χ2n) is 2.83. The van der Waals surface area contributed by atoms with Gasteiger partial charge < -0.3 is 15.9 Å². The molecule has 0 amide bonds. The van der Waals surface area contributed by atoms with Crippen molar-refractivity contribution in [3.63, 3.8) is 0 Å². The molecule has 0 aliphatic heterocycles. The zero-order valence-electron chi connectivity index (χ0n) is 7.39. The number of pyridine rings is 1. The van der Waals surface area contributed by atoms with E-state index in [0.717, 1.165) is 0 Å². The summed E-state index contributed by atoms with van der Waals surface area (Å²) in [5.41, 5.74) is 5.48. The third-order valence-electron chi connectivity index (χ3n) is 1.74. The number of aliphatic hydroxyl groups excluding tert-OH is 1. The van der Waals surface area contributed by atoms with Gasteiger partial charge in [-0.1, -0.05) is 0 Å². The lowest BCUT2D eigenvalue weighted by atomic mass is 10.1. The smallest absolute Gasteiger partial charge is 0.323 e. The van der Waals surface area contributed by atoms with E-state index in [1.54, 1.807) is 6.07 Å². The fraction of sp³-hybridized carbons (Fsp3) is 0.250. The molecule has 0 saturated carbocycles. The van der Waals surface area contributed by atoms with Crippen LogP contribution in [0.5, 0.6) is 0 Å². The lowest BCUT2D eigenvalue weighted by Crippen LogP contribution is -2.37. The summed E-state index contributed by atoms with van der Waals surface area (Å²) in [5, 5.41) is 18.2. The Kier molecular flexibility index (Phi) is 4.21. The first-order chi connectivity index (χ1) is 6.93. The summed E-state index contributed by atoms with van der Waals surface area (Å²) in [7, 11) is 0. The fourth-order valence-corrected chi connectivity index (χ4v) is 2.17. The number of aliphatic hydroxyl groups is 1. The first-order valence-corrected chi connectivity index (χ1v) is 5.49. The summed E-state index contributed by atoms with van der Waals surface area (Å²) in [6.45, 7) is 0. The van der Waals surface area contributed by atoms with Gasteiger partial charge in [-0.05, 0) is 37.9 Å². The van der Waals surface area contributed by atoms with Gasteiger partial charge in [-0.25, -0.2) is 0 Å². The van der Waals surface area contributed by atoms with E-state index in [2.05, 4.69) is 36.8 Å². The van der Waals surface area contributed by atoms with E-state index in [9.17, 15) is 9.90 Å². The Morgan fingerprint density at radius 2 is 2.13 bits per heavy atom. The number of rotatable bonds is 3. The van der Waals surface area contributed by atoms with Crippen LogP contribution in [0.1, 0.15) is 11.8 Å². The van der Waals surface area contributed by atoms with E-state index in [1.165, 1.54) is 6.20 Å². The van der Waals surface area contributed by atoms with Crippen molar-refractivity contribution in [1.29, 1.82) is 0 Å². The van der Waals surface area contributed by atoms with Crippen LogP contribution in [0.3, 0.4) is 0 Å². The SMILES string of the molecule is NC(C(=O)O)C(O)c1ncc(Br)cc1Br. The van der Waals surface area contributed by atoms with Crippen LogP contribution in [0, 0.1) is 0 Å². The number of hydrogen-bond donors (Lipinski definition) is 3. The van der Waals surface area contributed by atoms with Crippen molar-refractivity contribution < 1.29 is 15.0 Å². The molecular formula is C8H8Br2N2O3. The summed E-state index contributed by atoms with van der Waals surface area (Å²) < 4.78 is 1.22. The topological polar surface area (TPSA) is 96.4 Å². The van der Waals surface area contributed by atoms with Crippen molar-refractivity contribution in [2.45, 2.75) is 12.1 Å². The highest BCUT2D eigenvalue weighted by molar-refractivity contribution is 9.11. The average molecular weight is 340 g/mol. The highest BCUT2D eigenvalue weighted by Gasteiger charge is 2.26. The maximum atomic E-state index is 10.6. The Bertz CT molecular complexity index is 386. The van der Waals surface area contributed by atoms with E-state index in [4.69, 9.17) is 10.8 Å². The number of nitrogens with zero attached hydrogens (tertiary/aromatic N) is 1. The fourth-order valence-electron chi connectivity index (χ4n) is 0.948. The maximum absolute atomic E-state index is 10.6. The molecule has 0 aliphatic rings. The summed E-state index contributed by atoms with van der Waals surface area (Å²) in [6.07, 6.45) is 0.114. The van der Waals surface area contributed by atoms with Crippen molar-refractivity contribution in [1.82, 2.24) is 4.98 Å². The molecule has 2 unspecified atom stereocenters. The third-order valence-corrected chi connectivity index (χ3v) is 2.81. The summed E-state index contributed by atoms with van der Waals surface area (Å²) >= 11 is 6.35. The number of aliphatic carboxylic acids is 1. The quantitative estimate of drug-likeness (QED) is 0.765. The maximum Gasteiger partial charge on any atom is 0.323 e. The molecule has 7 heteroatoms. The van der Waals surface area contributed by atoms with Crippen LogP contribution in [0.4, 0.5) is 0 Å². The Balaban J connectivity index is 3.01. The van der Waals surface area contributed by atoms with Crippen LogP contribution in [0.2, 0.25) is 0 Å². The highest BCUT2D eigenvalue weighted by atomic mass is 79.9. The molecule has 0 aliphatic carbocycles. The molecule has 15 heavy (non-hydrogen) atoms. The molecule has 5 nitrogen and oxygen atoms in total. The van der Waals surface area contributed by atoms with Crippen LogP contribution in [-0.2, 0) is 4.79 Å². The highest BCUT2D eigenvalue weighted by Crippen LogP contribution is 2.25. The van der Waals surface area contributed by atoms with E-state index in [1.807, 2.05) is 0 Å². The van der Waals surface area contributed by atoms with Crippen LogP contribution in [0.15, 0.2) is 21.2 Å². The molecule has 82 valence electrons. The van der Waals surface area contributed by atoms with Crippen molar-refractivity contribution in [3.05, 3.63) is 26.9 Å². The molecule has 0 fully saturated rings. The number of hydrogen-bond acceptors (Lipinski definition) is 4. The van der Waals surface area contributed by atoms with Gasteiger partial charge in [0.1, 0.15) is 12.1 Å². The zero-order chi connectivity index (χ0) is 11.6. The Labute approximate surface area is 103 Å². The number of halogens is 2. The van der Waals surface area contributed by atoms with Gasteiger partial charge in [0.05, 0.1) is 5.69 Å². The first-order valence-electron chi connectivity index (χ1n) is 3.91. The average Bonchev–Trinajstić information content (AvgIpc) is 2.15. The van der Waals surface area contributed by atoms with Gasteiger partial charge in [0.2, 0.25) is 0 Å². The number of nitrogens with two attached hydrogens (primary N) is 1. The second kappa shape index (κ2) is 5.02. The molecule has 0 radical (unpaired) electrons. The lowest BCUT2D eigenvalue weighted by Gasteiger charge is -2.15. The molecule has 1 aromatic heterocycles. The van der Waals surface area contributed by atoms with Crippen molar-refractivity contribution in [2.24, 2.45) is 5.73 Å². The molecule has 1 heterocycles. The van der Waals surface area contributed by atoms with Crippen molar-refractivity contribution in [3.8, 4) is 0 Å². The normalized spacial score (nSPS) is 14.7. The minimum Gasteiger partial charge on any atom is -0.480 e. The van der Waals surface area contributed by atoms with Crippen LogP contribution in [0.25, 0.3) is 0 Å². The predicted octanol–water partition coefficient (Wildman–Crippen LogP) is 1.05. The largest absolute Gasteiger partial charge is 0.480 e. The van der Waals surface area contributed by atoms with Gasteiger partial charge in [-0.2, -0.15) is 0 Å². The summed E-state index contributed by atoms with van der Waals surface area (Å²) in [4.78, 5) is 14.4. The zero-order valence-corrected chi connectivity index (χ0v) is 10.6. The molecule has 0 saturated heterocycles. The van der Waals surface area contributed by atoms with Crippen LogP contribution >= 0.6 is 31.9 Å². The number of carboxylic acid groups (broad SMARTS) is 1. The van der Waals surface area contributed by atoms with E-state index >= 15 is 0 Å². The molecule has 1 rings (SSSR count). The van der Waals surface area contributed by atoms with Gasteiger partial charge in [-0.15, -0.1) is 0 Å². The Morgan fingerprint density at radius 1 is 1.53 bits per heavy atom. The van der Waals surface area contributed by atoms with Gasteiger partial charge >= 0.3 is 5.97 Å². The number of aromatic nitrogens is 1. The lowest BCUT2D eigenvalue weighted by molar-refractivity contribution is -0.141. The minimum absolute atomic E-state index is 0.202. The monoisotopic (exact) mass is 338 g/mol. The van der Waals surface area contributed by atoms with Gasteiger partial charge in [0.25, 0.3) is 0 Å². The molecule has 4 N–H and O–H groups in total. The van der Waals surface area contributed by atoms with E-state index in [0.29, 0.717) is 8.95 Å². The van der Waals surface area contributed by atoms with Gasteiger partial charge in [-0.3, -0.25) is 9.78 Å². The minimum atomic E-state index is -1.39. The number of carboxylic acids is 1. The standard InChI is InChI=1S/C8H8Br2N2O3/c9-3-1-4(10)6(12-2-3)7(13)5(11)8(14)15/h1-2,5,7,13H,11H2,(H,14,15). The molecule has 2 atom stereocenters. The Hall–Kier alpha value is -0.500. The van der Waals surface area contributed by atoms with Crippen LogP contribution < -0.4 is 5.73 Å². The van der Waals surface area contributed by atoms with Crippen molar-refractivity contribution >= 4 is 37.8 Å².